The Bertz CT molecular complexity index is 430. The van der Waals surface area contributed by atoms with Gasteiger partial charge in [0, 0.05) is 13.1 Å². The van der Waals surface area contributed by atoms with Crippen LogP contribution in [0.4, 0.5) is 0 Å². The largest absolute Gasteiger partial charge is 0.337 e. The highest BCUT2D eigenvalue weighted by Crippen LogP contribution is 2.33. The normalized spacial score (nSPS) is 18.7. The van der Waals surface area contributed by atoms with Crippen molar-refractivity contribution in [3.8, 4) is 6.07 Å². The third kappa shape index (κ3) is 2.26. The first-order valence-corrected chi connectivity index (χ1v) is 6.55. The Labute approximate surface area is 103 Å². The Morgan fingerprint density at radius 1 is 1.65 bits per heavy atom. The van der Waals surface area contributed by atoms with Crippen LogP contribution in [0.1, 0.15) is 23.3 Å². The molecule has 1 aromatic rings. The summed E-state index contributed by atoms with van der Waals surface area (Å²) in [5, 5.41) is 19.0. The van der Waals surface area contributed by atoms with E-state index in [9.17, 15) is 4.79 Å². The molecule has 2 heterocycles. The first-order chi connectivity index (χ1) is 8.21. The Morgan fingerprint density at radius 3 is 2.82 bits per heavy atom. The quantitative estimate of drug-likeness (QED) is 0.834. The second kappa shape index (κ2) is 4.75. The number of hydrogen-bond acceptors (Lipinski definition) is 5. The fraction of sp³-hybridized carbons (Fsp3) is 0.600. The van der Waals surface area contributed by atoms with Gasteiger partial charge in [0.15, 0.2) is 5.69 Å². The Morgan fingerprint density at radius 2 is 2.35 bits per heavy atom. The summed E-state index contributed by atoms with van der Waals surface area (Å²) in [5.74, 6) is -0.119. The molecule has 1 amide bonds. The van der Waals surface area contributed by atoms with E-state index in [0.29, 0.717) is 31.6 Å². The fourth-order valence-corrected chi connectivity index (χ4v) is 2.58. The van der Waals surface area contributed by atoms with Crippen molar-refractivity contribution in [3.05, 3.63) is 11.9 Å². The van der Waals surface area contributed by atoms with E-state index in [1.807, 2.05) is 6.26 Å². The zero-order valence-corrected chi connectivity index (χ0v) is 10.3. The molecule has 0 radical (unpaired) electrons. The number of carbonyl (C=O) groups is 1. The third-order valence-electron chi connectivity index (χ3n) is 3.09. The van der Waals surface area contributed by atoms with Crippen LogP contribution in [-0.2, 0) is 0 Å². The number of rotatable bonds is 2. The molecule has 17 heavy (non-hydrogen) atoms. The number of amides is 1. The summed E-state index contributed by atoms with van der Waals surface area (Å²) < 4.78 is -0.333. The van der Waals surface area contributed by atoms with Gasteiger partial charge in [0.1, 0.15) is 4.75 Å². The van der Waals surface area contributed by atoms with Gasteiger partial charge in [-0.15, -0.1) is 11.8 Å². The van der Waals surface area contributed by atoms with Crippen LogP contribution in [-0.4, -0.2) is 50.3 Å². The first-order valence-electron chi connectivity index (χ1n) is 5.32. The van der Waals surface area contributed by atoms with Crippen LogP contribution in [0.3, 0.4) is 0 Å². The molecule has 0 saturated carbocycles. The minimum atomic E-state index is -0.333. The topological polar surface area (TPSA) is 85.7 Å². The number of hydrogen-bond donors (Lipinski definition) is 1. The first kappa shape index (κ1) is 11.9. The van der Waals surface area contributed by atoms with Crippen molar-refractivity contribution in [2.45, 2.75) is 17.6 Å². The van der Waals surface area contributed by atoms with Gasteiger partial charge in [0.25, 0.3) is 5.91 Å². The van der Waals surface area contributed by atoms with Gasteiger partial charge < -0.3 is 4.90 Å². The smallest absolute Gasteiger partial charge is 0.276 e. The van der Waals surface area contributed by atoms with E-state index in [2.05, 4.69) is 21.5 Å². The molecule has 0 unspecified atom stereocenters. The van der Waals surface area contributed by atoms with Crippen molar-refractivity contribution in [1.29, 1.82) is 5.26 Å². The highest BCUT2D eigenvalue weighted by Gasteiger charge is 2.35. The van der Waals surface area contributed by atoms with Gasteiger partial charge in [-0.2, -0.15) is 20.7 Å². The molecule has 0 atom stereocenters. The van der Waals surface area contributed by atoms with Gasteiger partial charge >= 0.3 is 0 Å². The summed E-state index contributed by atoms with van der Waals surface area (Å²) in [6, 6.07) is 2.35. The molecule has 2 rings (SSSR count). The lowest BCUT2D eigenvalue weighted by molar-refractivity contribution is 0.0710. The number of H-pyrrole nitrogens is 1. The third-order valence-corrected chi connectivity index (χ3v) is 4.37. The number of nitrogens with one attached hydrogen (secondary N) is 1. The van der Waals surface area contributed by atoms with E-state index in [1.54, 1.807) is 16.7 Å². The van der Waals surface area contributed by atoms with Gasteiger partial charge in [-0.05, 0) is 19.1 Å². The van der Waals surface area contributed by atoms with Crippen LogP contribution in [0, 0.1) is 11.3 Å². The molecule has 1 fully saturated rings. The number of carbonyl (C=O) groups excluding carboxylic acids is 1. The number of aromatic amines is 1. The molecule has 1 saturated heterocycles. The highest BCUT2D eigenvalue weighted by molar-refractivity contribution is 8.00. The average Bonchev–Trinajstić information content (AvgIpc) is 2.92. The lowest BCUT2D eigenvalue weighted by atomic mass is 9.97. The number of likely N-dealkylation sites (tertiary alicyclic amines) is 1. The summed E-state index contributed by atoms with van der Waals surface area (Å²) >= 11 is 1.57. The fourth-order valence-electron chi connectivity index (χ4n) is 1.90. The Hall–Kier alpha value is -1.55. The zero-order chi connectivity index (χ0) is 12.3. The SMILES string of the molecule is CSC1(C#N)CCN(C(=O)c2cn[nH]n2)CC1. The molecule has 6 nitrogen and oxygen atoms in total. The van der Waals surface area contributed by atoms with Crippen LogP contribution in [0.15, 0.2) is 6.20 Å². The number of nitrogens with zero attached hydrogens (tertiary/aromatic N) is 4. The maximum absolute atomic E-state index is 12.0. The van der Waals surface area contributed by atoms with E-state index in [-0.39, 0.29) is 10.7 Å². The molecular weight excluding hydrogens is 238 g/mol. The number of piperidine rings is 1. The van der Waals surface area contributed by atoms with Crippen LogP contribution < -0.4 is 0 Å². The van der Waals surface area contributed by atoms with Gasteiger partial charge in [-0.25, -0.2) is 0 Å². The molecule has 7 heteroatoms. The van der Waals surface area contributed by atoms with Crippen molar-refractivity contribution in [3.63, 3.8) is 0 Å². The molecule has 1 aliphatic heterocycles. The number of thioether (sulfide) groups is 1. The maximum atomic E-state index is 12.0. The van der Waals surface area contributed by atoms with E-state index in [1.165, 1.54) is 6.20 Å². The number of nitriles is 1. The summed E-state index contributed by atoms with van der Waals surface area (Å²) in [4.78, 5) is 13.7. The van der Waals surface area contributed by atoms with Gasteiger partial charge in [0.05, 0.1) is 12.3 Å². The van der Waals surface area contributed by atoms with Crippen LogP contribution in [0.25, 0.3) is 0 Å². The molecule has 0 aliphatic carbocycles. The Kier molecular flexibility index (Phi) is 3.33. The summed E-state index contributed by atoms with van der Waals surface area (Å²) in [6.45, 7) is 1.19. The van der Waals surface area contributed by atoms with Gasteiger partial charge in [-0.1, -0.05) is 0 Å². The van der Waals surface area contributed by atoms with Gasteiger partial charge in [0.2, 0.25) is 0 Å². The van der Waals surface area contributed by atoms with Crippen molar-refractivity contribution in [1.82, 2.24) is 20.3 Å². The summed E-state index contributed by atoms with van der Waals surface area (Å²) in [6.07, 6.45) is 4.77. The second-order valence-corrected chi connectivity index (χ2v) is 5.15. The molecule has 0 bridgehead atoms. The lowest BCUT2D eigenvalue weighted by Gasteiger charge is -2.35. The van der Waals surface area contributed by atoms with Gasteiger partial charge in [-0.3, -0.25) is 4.79 Å². The van der Waals surface area contributed by atoms with E-state index in [0.717, 1.165) is 0 Å². The monoisotopic (exact) mass is 251 g/mol. The minimum absolute atomic E-state index is 0.119. The number of aromatic nitrogens is 3. The lowest BCUT2D eigenvalue weighted by Crippen LogP contribution is -2.44. The second-order valence-electron chi connectivity index (χ2n) is 3.96. The molecule has 1 aliphatic rings. The van der Waals surface area contributed by atoms with Crippen molar-refractivity contribution in [2.75, 3.05) is 19.3 Å². The predicted octanol–water partition coefficient (Wildman–Crippen LogP) is 0.666. The molecule has 90 valence electrons. The molecule has 1 aromatic heterocycles. The minimum Gasteiger partial charge on any atom is -0.337 e. The van der Waals surface area contributed by atoms with E-state index < -0.39 is 0 Å². The predicted molar refractivity (Wildman–Crippen MR) is 63.4 cm³/mol. The molecule has 0 aromatic carbocycles. The van der Waals surface area contributed by atoms with E-state index in [4.69, 9.17) is 5.26 Å². The maximum Gasteiger partial charge on any atom is 0.276 e. The highest BCUT2D eigenvalue weighted by atomic mass is 32.2. The average molecular weight is 251 g/mol. The van der Waals surface area contributed by atoms with Crippen LogP contribution in [0.5, 0.6) is 0 Å². The standard InChI is InChI=1S/C10H13N5OS/c1-17-10(7-11)2-4-15(5-3-10)9(16)8-6-12-14-13-8/h6H,2-5H2,1H3,(H,12,13,14). The van der Waals surface area contributed by atoms with Crippen LogP contribution >= 0.6 is 11.8 Å². The molecule has 0 spiro atoms. The summed E-state index contributed by atoms with van der Waals surface area (Å²) in [7, 11) is 0. The molecule has 1 N–H and O–H groups in total. The van der Waals surface area contributed by atoms with Crippen molar-refractivity contribution in [2.24, 2.45) is 0 Å². The zero-order valence-electron chi connectivity index (χ0n) is 9.51. The summed E-state index contributed by atoms with van der Waals surface area (Å²) in [5.41, 5.74) is 0.332. The Balaban J connectivity index is 2.01. The van der Waals surface area contributed by atoms with E-state index >= 15 is 0 Å². The van der Waals surface area contributed by atoms with Crippen molar-refractivity contribution < 1.29 is 4.79 Å². The van der Waals surface area contributed by atoms with Crippen LogP contribution in [0.2, 0.25) is 0 Å². The van der Waals surface area contributed by atoms with Crippen molar-refractivity contribution >= 4 is 17.7 Å². The molecular formula is C10H13N5OS.